The van der Waals surface area contributed by atoms with Crippen LogP contribution in [-0.2, 0) is 20.9 Å². The second-order valence-electron chi connectivity index (χ2n) is 6.62. The maximum Gasteiger partial charge on any atom is 0.408 e. The summed E-state index contributed by atoms with van der Waals surface area (Å²) in [6.07, 6.45) is 5.43. The Morgan fingerprint density at radius 3 is 2.41 bits per heavy atom. The Bertz CT molecular complexity index is 668. The van der Waals surface area contributed by atoms with Gasteiger partial charge in [0.2, 0.25) is 11.8 Å². The van der Waals surface area contributed by atoms with E-state index in [9.17, 15) is 14.4 Å². The van der Waals surface area contributed by atoms with Crippen molar-refractivity contribution in [3.8, 4) is 12.3 Å². The van der Waals surface area contributed by atoms with Gasteiger partial charge in [0.15, 0.2) is 0 Å². The van der Waals surface area contributed by atoms with E-state index in [0.717, 1.165) is 5.56 Å². The minimum atomic E-state index is -0.794. The molecule has 0 spiro atoms. The van der Waals surface area contributed by atoms with Crippen molar-refractivity contribution in [2.24, 2.45) is 11.7 Å². The molecular formula is C20H27N3O4. The first-order chi connectivity index (χ1) is 12.8. The van der Waals surface area contributed by atoms with Crippen LogP contribution in [0, 0.1) is 18.3 Å². The summed E-state index contributed by atoms with van der Waals surface area (Å²) >= 11 is 0. The van der Waals surface area contributed by atoms with E-state index in [4.69, 9.17) is 16.9 Å². The van der Waals surface area contributed by atoms with Crippen molar-refractivity contribution in [2.75, 3.05) is 0 Å². The number of ether oxygens (including phenoxy) is 1. The molecule has 7 heteroatoms. The molecular weight excluding hydrogens is 346 g/mol. The first kappa shape index (κ1) is 22.0. The number of alkyl carbamates (subject to hydrolysis) is 1. The van der Waals surface area contributed by atoms with E-state index in [1.54, 1.807) is 0 Å². The van der Waals surface area contributed by atoms with Gasteiger partial charge in [0.05, 0.1) is 6.04 Å². The quantitative estimate of drug-likeness (QED) is 0.542. The van der Waals surface area contributed by atoms with Crippen molar-refractivity contribution < 1.29 is 19.1 Å². The Morgan fingerprint density at radius 1 is 1.19 bits per heavy atom. The molecule has 0 unspecified atom stereocenters. The summed E-state index contributed by atoms with van der Waals surface area (Å²) in [5, 5.41) is 5.23. The van der Waals surface area contributed by atoms with Crippen LogP contribution in [0.2, 0.25) is 0 Å². The molecule has 1 aromatic carbocycles. The molecule has 7 nitrogen and oxygen atoms in total. The molecule has 4 N–H and O–H groups in total. The van der Waals surface area contributed by atoms with Crippen LogP contribution in [-0.4, -0.2) is 30.0 Å². The average Bonchev–Trinajstić information content (AvgIpc) is 2.63. The van der Waals surface area contributed by atoms with Crippen LogP contribution in [0.1, 0.15) is 38.7 Å². The lowest BCUT2D eigenvalue weighted by Gasteiger charge is -2.22. The highest BCUT2D eigenvalue weighted by atomic mass is 16.5. The van der Waals surface area contributed by atoms with Gasteiger partial charge in [-0.1, -0.05) is 50.1 Å². The lowest BCUT2D eigenvalue weighted by atomic mass is 10.0. The molecule has 0 bridgehead atoms. The predicted octanol–water partition coefficient (Wildman–Crippen LogP) is 1.71. The number of rotatable bonds is 10. The summed E-state index contributed by atoms with van der Waals surface area (Å²) in [6, 6.07) is 7.80. The summed E-state index contributed by atoms with van der Waals surface area (Å²) in [4.78, 5) is 35.5. The average molecular weight is 373 g/mol. The summed E-state index contributed by atoms with van der Waals surface area (Å²) in [7, 11) is 0. The summed E-state index contributed by atoms with van der Waals surface area (Å²) < 4.78 is 5.17. The maximum atomic E-state index is 12.5. The minimum absolute atomic E-state index is 0.0660. The van der Waals surface area contributed by atoms with Crippen molar-refractivity contribution >= 4 is 17.9 Å². The Labute approximate surface area is 160 Å². The van der Waals surface area contributed by atoms with Crippen molar-refractivity contribution in [3.63, 3.8) is 0 Å². The standard InChI is InChI=1S/C20H27N3O4/c1-4-16(10-11-18(21)24)22-19(25)17(12-14(2)3)23-20(26)27-13-15-8-6-5-7-9-15/h1,5-9,14,16-17H,10-13H2,2-3H3,(H2,21,24)(H,22,25)(H,23,26)/t16-,17+/m1/s1. The number of hydrogen-bond acceptors (Lipinski definition) is 4. The second kappa shape index (κ2) is 11.6. The molecule has 1 rings (SSSR count). The highest BCUT2D eigenvalue weighted by molar-refractivity contribution is 5.86. The third kappa shape index (κ3) is 9.31. The zero-order valence-electron chi connectivity index (χ0n) is 15.7. The molecule has 1 aromatic rings. The zero-order chi connectivity index (χ0) is 20.2. The number of terminal acetylenes is 1. The molecule has 0 saturated heterocycles. The number of nitrogens with one attached hydrogen (secondary N) is 2. The number of benzene rings is 1. The molecule has 0 heterocycles. The van der Waals surface area contributed by atoms with Crippen LogP contribution >= 0.6 is 0 Å². The van der Waals surface area contributed by atoms with Crippen LogP contribution in [0.15, 0.2) is 30.3 Å². The van der Waals surface area contributed by atoms with E-state index in [2.05, 4.69) is 16.6 Å². The van der Waals surface area contributed by atoms with Crippen LogP contribution in [0.3, 0.4) is 0 Å². The SMILES string of the molecule is C#C[C@H](CCC(N)=O)NC(=O)[C@H](CC(C)C)NC(=O)OCc1ccccc1. The van der Waals surface area contributed by atoms with Crippen molar-refractivity contribution in [1.82, 2.24) is 10.6 Å². The second-order valence-corrected chi connectivity index (χ2v) is 6.62. The highest BCUT2D eigenvalue weighted by Gasteiger charge is 2.24. The van der Waals surface area contributed by atoms with Gasteiger partial charge in [-0.25, -0.2) is 4.79 Å². The van der Waals surface area contributed by atoms with Crippen molar-refractivity contribution in [3.05, 3.63) is 35.9 Å². The van der Waals surface area contributed by atoms with Crippen molar-refractivity contribution in [1.29, 1.82) is 0 Å². The number of carbonyl (C=O) groups excluding carboxylic acids is 3. The number of primary amides is 1. The van der Waals surface area contributed by atoms with E-state index in [-0.39, 0.29) is 25.4 Å². The van der Waals surface area contributed by atoms with Gasteiger partial charge >= 0.3 is 6.09 Å². The topological polar surface area (TPSA) is 111 Å². The largest absolute Gasteiger partial charge is 0.445 e. The third-order valence-electron chi connectivity index (χ3n) is 3.73. The van der Waals surface area contributed by atoms with Gasteiger partial charge in [-0.3, -0.25) is 9.59 Å². The Morgan fingerprint density at radius 2 is 1.85 bits per heavy atom. The van der Waals surface area contributed by atoms with E-state index < -0.39 is 30.0 Å². The Hall–Kier alpha value is -3.01. The lowest BCUT2D eigenvalue weighted by molar-refractivity contribution is -0.124. The summed E-state index contributed by atoms with van der Waals surface area (Å²) in [5.74, 6) is 1.65. The van der Waals surface area contributed by atoms with Gasteiger partial charge in [0.1, 0.15) is 12.6 Å². The van der Waals surface area contributed by atoms with Crippen LogP contribution in [0.25, 0.3) is 0 Å². The van der Waals surface area contributed by atoms with Crippen molar-refractivity contribution in [2.45, 2.75) is 51.8 Å². The molecule has 0 fully saturated rings. The fourth-order valence-electron chi connectivity index (χ4n) is 2.37. The van der Waals surface area contributed by atoms with Gasteiger partial charge in [-0.05, 0) is 24.3 Å². The van der Waals surface area contributed by atoms with Crippen LogP contribution in [0.5, 0.6) is 0 Å². The van der Waals surface area contributed by atoms with Crippen LogP contribution < -0.4 is 16.4 Å². The molecule has 0 aromatic heterocycles. The molecule has 0 aliphatic rings. The van der Waals surface area contributed by atoms with Gasteiger partial charge < -0.3 is 21.1 Å². The van der Waals surface area contributed by atoms with E-state index >= 15 is 0 Å². The normalized spacial score (nSPS) is 12.5. The molecule has 0 aliphatic heterocycles. The van der Waals surface area contributed by atoms with Gasteiger partial charge in [0.25, 0.3) is 0 Å². The minimum Gasteiger partial charge on any atom is -0.445 e. The molecule has 2 atom stereocenters. The zero-order valence-corrected chi connectivity index (χ0v) is 15.7. The molecule has 146 valence electrons. The molecule has 0 radical (unpaired) electrons. The van der Waals surface area contributed by atoms with Gasteiger partial charge in [0, 0.05) is 6.42 Å². The fraction of sp³-hybridized carbons (Fsp3) is 0.450. The fourth-order valence-corrected chi connectivity index (χ4v) is 2.37. The molecule has 3 amide bonds. The molecule has 27 heavy (non-hydrogen) atoms. The lowest BCUT2D eigenvalue weighted by Crippen LogP contribution is -2.50. The number of hydrogen-bond donors (Lipinski definition) is 3. The summed E-state index contributed by atoms with van der Waals surface area (Å²) in [5.41, 5.74) is 5.95. The smallest absolute Gasteiger partial charge is 0.408 e. The number of nitrogens with two attached hydrogens (primary N) is 1. The van der Waals surface area contributed by atoms with E-state index in [1.807, 2.05) is 44.2 Å². The van der Waals surface area contributed by atoms with Gasteiger partial charge in [-0.2, -0.15) is 0 Å². The van der Waals surface area contributed by atoms with Gasteiger partial charge in [-0.15, -0.1) is 6.42 Å². The first-order valence-electron chi connectivity index (χ1n) is 8.83. The molecule has 0 aliphatic carbocycles. The maximum absolute atomic E-state index is 12.5. The Kier molecular flexibility index (Phi) is 9.45. The third-order valence-corrected chi connectivity index (χ3v) is 3.73. The monoisotopic (exact) mass is 373 g/mol. The van der Waals surface area contributed by atoms with E-state index in [1.165, 1.54) is 0 Å². The Balaban J connectivity index is 2.62. The number of carbonyl (C=O) groups is 3. The first-order valence-corrected chi connectivity index (χ1v) is 8.83. The molecule has 0 saturated carbocycles. The summed E-state index contributed by atoms with van der Waals surface area (Å²) in [6.45, 7) is 3.97. The number of amides is 3. The van der Waals surface area contributed by atoms with E-state index in [0.29, 0.717) is 6.42 Å². The van der Waals surface area contributed by atoms with Crippen LogP contribution in [0.4, 0.5) is 4.79 Å². The highest BCUT2D eigenvalue weighted by Crippen LogP contribution is 2.07. The predicted molar refractivity (Wildman–Crippen MR) is 102 cm³/mol.